The van der Waals surface area contributed by atoms with Gasteiger partial charge in [0.25, 0.3) is 4.84 Å². The molecule has 0 fully saturated rings. The second-order valence-electron chi connectivity index (χ2n) is 5.53. The second-order valence-corrected chi connectivity index (χ2v) is 6.66. The van der Waals surface area contributed by atoms with Gasteiger partial charge in [0.2, 0.25) is 5.89 Å². The van der Waals surface area contributed by atoms with Gasteiger partial charge >= 0.3 is 0 Å². The summed E-state index contributed by atoms with van der Waals surface area (Å²) in [5, 5.41) is 8.69. The molecular formula is C17H19N3O3S2. The number of aromatic nitrogens is 2. The summed E-state index contributed by atoms with van der Waals surface area (Å²) in [7, 11) is 5.21. The fourth-order valence-electron chi connectivity index (χ4n) is 2.45. The third-order valence-corrected chi connectivity index (χ3v) is 4.67. The first-order valence-electron chi connectivity index (χ1n) is 7.60. The van der Waals surface area contributed by atoms with E-state index < -0.39 is 0 Å². The van der Waals surface area contributed by atoms with Gasteiger partial charge in [-0.1, -0.05) is 0 Å². The van der Waals surface area contributed by atoms with Crippen LogP contribution in [0.5, 0.6) is 11.5 Å². The van der Waals surface area contributed by atoms with Crippen LogP contribution in [0.2, 0.25) is 0 Å². The van der Waals surface area contributed by atoms with Gasteiger partial charge < -0.3 is 13.9 Å². The zero-order valence-corrected chi connectivity index (χ0v) is 15.9. The Morgan fingerprint density at radius 2 is 2.04 bits per heavy atom. The number of rotatable bonds is 7. The molecule has 0 spiro atoms. The van der Waals surface area contributed by atoms with Gasteiger partial charge in [-0.3, -0.25) is 4.90 Å². The van der Waals surface area contributed by atoms with Crippen molar-refractivity contribution in [3.8, 4) is 23.0 Å². The van der Waals surface area contributed by atoms with E-state index in [0.717, 1.165) is 12.1 Å². The molecule has 25 heavy (non-hydrogen) atoms. The summed E-state index contributed by atoms with van der Waals surface area (Å²) in [5.41, 5.74) is 2.05. The van der Waals surface area contributed by atoms with Crippen molar-refractivity contribution in [2.45, 2.75) is 13.2 Å². The zero-order valence-electron chi connectivity index (χ0n) is 14.3. The number of thiophene rings is 1. The van der Waals surface area contributed by atoms with Gasteiger partial charge in [0.05, 0.1) is 20.9 Å². The number of methoxy groups -OCH3 is 2. The Kier molecular flexibility index (Phi) is 5.52. The molecule has 0 bridgehead atoms. The Bertz CT molecular complexity index is 887. The first-order valence-corrected chi connectivity index (χ1v) is 8.95. The molecule has 0 radical (unpaired) electrons. The van der Waals surface area contributed by atoms with Gasteiger partial charge in [-0.2, -0.15) is 11.3 Å². The molecule has 3 rings (SSSR count). The van der Waals surface area contributed by atoms with Crippen LogP contribution in [0.25, 0.3) is 11.5 Å². The normalized spacial score (nSPS) is 11.0. The Morgan fingerprint density at radius 3 is 2.72 bits per heavy atom. The molecule has 0 amide bonds. The van der Waals surface area contributed by atoms with E-state index in [1.54, 1.807) is 30.2 Å². The monoisotopic (exact) mass is 377 g/mol. The molecule has 0 aliphatic rings. The highest BCUT2D eigenvalue weighted by Gasteiger charge is 2.13. The van der Waals surface area contributed by atoms with Gasteiger partial charge in [0.1, 0.15) is 0 Å². The molecule has 2 aromatic heterocycles. The molecular weight excluding hydrogens is 358 g/mol. The Morgan fingerprint density at radius 1 is 1.24 bits per heavy atom. The van der Waals surface area contributed by atoms with E-state index in [9.17, 15) is 0 Å². The Labute approximate surface area is 155 Å². The van der Waals surface area contributed by atoms with Gasteiger partial charge in [-0.15, -0.1) is 5.10 Å². The van der Waals surface area contributed by atoms with Crippen LogP contribution in [0.4, 0.5) is 0 Å². The number of ether oxygens (including phenoxy) is 2. The average Bonchev–Trinajstić information content (AvgIpc) is 3.24. The molecule has 132 valence electrons. The molecule has 6 nitrogen and oxygen atoms in total. The Balaban J connectivity index is 1.79. The van der Waals surface area contributed by atoms with E-state index >= 15 is 0 Å². The topological polar surface area (TPSA) is 52.7 Å². The second kappa shape index (κ2) is 7.81. The minimum atomic E-state index is 0.335. The minimum absolute atomic E-state index is 0.335. The highest BCUT2D eigenvalue weighted by atomic mass is 32.1. The molecule has 0 aliphatic heterocycles. The van der Waals surface area contributed by atoms with E-state index in [2.05, 4.69) is 26.8 Å². The van der Waals surface area contributed by atoms with Crippen molar-refractivity contribution in [2.75, 3.05) is 21.3 Å². The molecule has 0 saturated carbocycles. The fraction of sp³-hybridized carbons (Fsp3) is 0.294. The van der Waals surface area contributed by atoms with Crippen LogP contribution in [0.1, 0.15) is 5.56 Å². The van der Waals surface area contributed by atoms with Crippen molar-refractivity contribution in [3.05, 3.63) is 45.4 Å². The van der Waals surface area contributed by atoms with Crippen LogP contribution in [0, 0.1) is 4.84 Å². The molecule has 2 heterocycles. The predicted octanol–water partition coefficient (Wildman–Crippen LogP) is 4.04. The minimum Gasteiger partial charge on any atom is -0.493 e. The van der Waals surface area contributed by atoms with E-state index in [1.165, 1.54) is 5.56 Å². The SMILES string of the molecule is COc1ccc(-c2nn(CN(C)Cc3ccsc3)c(=S)o2)cc1OC. The maximum Gasteiger partial charge on any atom is 0.288 e. The molecule has 0 unspecified atom stereocenters. The van der Waals surface area contributed by atoms with E-state index in [4.69, 9.17) is 26.1 Å². The van der Waals surface area contributed by atoms with Crippen LogP contribution in [-0.2, 0) is 13.2 Å². The van der Waals surface area contributed by atoms with Crippen LogP contribution < -0.4 is 9.47 Å². The summed E-state index contributed by atoms with van der Waals surface area (Å²) in [5.74, 6) is 1.72. The lowest BCUT2D eigenvalue weighted by molar-refractivity contribution is 0.241. The van der Waals surface area contributed by atoms with Crippen molar-refractivity contribution in [3.63, 3.8) is 0 Å². The molecule has 8 heteroatoms. The van der Waals surface area contributed by atoms with Crippen LogP contribution in [-0.4, -0.2) is 35.9 Å². The van der Waals surface area contributed by atoms with Gasteiger partial charge in [0, 0.05) is 12.1 Å². The zero-order chi connectivity index (χ0) is 17.8. The fourth-order valence-corrected chi connectivity index (χ4v) is 3.29. The lowest BCUT2D eigenvalue weighted by atomic mass is 10.2. The largest absolute Gasteiger partial charge is 0.493 e. The highest BCUT2D eigenvalue weighted by Crippen LogP contribution is 2.31. The number of benzene rings is 1. The molecule has 3 aromatic rings. The summed E-state index contributed by atoms with van der Waals surface area (Å²) in [6.07, 6.45) is 0. The molecule has 0 atom stereocenters. The summed E-state index contributed by atoms with van der Waals surface area (Å²) >= 11 is 6.99. The van der Waals surface area contributed by atoms with Crippen LogP contribution in [0.3, 0.4) is 0 Å². The van der Waals surface area contributed by atoms with E-state index in [0.29, 0.717) is 28.9 Å². The smallest absolute Gasteiger partial charge is 0.288 e. The standard InChI is InChI=1S/C17H19N3O3S2/c1-19(9-12-6-7-25-10-12)11-20-17(24)23-16(18-20)13-4-5-14(21-2)15(8-13)22-3/h4-8,10H,9,11H2,1-3H3. The lowest BCUT2D eigenvalue weighted by Gasteiger charge is -2.14. The van der Waals surface area contributed by atoms with E-state index in [-0.39, 0.29) is 0 Å². The third-order valence-electron chi connectivity index (χ3n) is 3.64. The van der Waals surface area contributed by atoms with E-state index in [1.807, 2.05) is 25.2 Å². The van der Waals surface area contributed by atoms with Crippen molar-refractivity contribution in [1.29, 1.82) is 0 Å². The lowest BCUT2D eigenvalue weighted by Crippen LogP contribution is -2.22. The first-order chi connectivity index (χ1) is 12.1. The highest BCUT2D eigenvalue weighted by molar-refractivity contribution is 7.71. The Hall–Kier alpha value is -2.16. The predicted molar refractivity (Wildman–Crippen MR) is 99.7 cm³/mol. The summed E-state index contributed by atoms with van der Waals surface area (Å²) in [4.78, 5) is 2.46. The number of hydrogen-bond acceptors (Lipinski definition) is 7. The van der Waals surface area contributed by atoms with Crippen molar-refractivity contribution < 1.29 is 13.9 Å². The number of hydrogen-bond donors (Lipinski definition) is 0. The van der Waals surface area contributed by atoms with Gasteiger partial charge in [0.15, 0.2) is 11.5 Å². The van der Waals surface area contributed by atoms with Crippen molar-refractivity contribution in [2.24, 2.45) is 0 Å². The van der Waals surface area contributed by atoms with Gasteiger partial charge in [-0.05, 0) is 59.9 Å². The summed E-state index contributed by atoms with van der Waals surface area (Å²) < 4.78 is 17.9. The molecule has 1 aromatic carbocycles. The third kappa shape index (κ3) is 4.09. The van der Waals surface area contributed by atoms with Crippen LogP contribution in [0.15, 0.2) is 39.4 Å². The average molecular weight is 377 g/mol. The maximum absolute atomic E-state index is 5.66. The van der Waals surface area contributed by atoms with Crippen molar-refractivity contribution >= 4 is 23.6 Å². The molecule has 0 N–H and O–H groups in total. The van der Waals surface area contributed by atoms with Crippen molar-refractivity contribution in [1.82, 2.24) is 14.7 Å². The molecule has 0 aliphatic carbocycles. The quantitative estimate of drug-likeness (QED) is 0.579. The summed E-state index contributed by atoms with van der Waals surface area (Å²) in [6.45, 7) is 1.37. The maximum atomic E-state index is 5.66. The summed E-state index contributed by atoms with van der Waals surface area (Å²) in [6, 6.07) is 7.60. The van der Waals surface area contributed by atoms with Gasteiger partial charge in [-0.25, -0.2) is 4.68 Å². The van der Waals surface area contributed by atoms with Crippen LogP contribution >= 0.6 is 23.6 Å². The molecule has 0 saturated heterocycles. The first kappa shape index (κ1) is 17.7. The number of nitrogens with zero attached hydrogens (tertiary/aromatic N) is 3.